The molecule has 0 unspecified atom stereocenters. The van der Waals surface area contributed by atoms with Gasteiger partial charge in [0.2, 0.25) is 0 Å². The lowest BCUT2D eigenvalue weighted by Crippen LogP contribution is -2.40. The number of aliphatic hydroxyl groups excluding tert-OH is 1. The molecular formula is C21H24N6O3S2. The van der Waals surface area contributed by atoms with Crippen molar-refractivity contribution in [2.45, 2.75) is 49.3 Å². The number of hydrogen-bond acceptors (Lipinski definition) is 8. The Bertz CT molecular complexity index is 1290. The normalized spacial score (nSPS) is 14.1. The van der Waals surface area contributed by atoms with Gasteiger partial charge in [-0.15, -0.1) is 11.3 Å². The molecule has 1 aliphatic rings. The van der Waals surface area contributed by atoms with Gasteiger partial charge in [0.05, 0.1) is 10.4 Å². The van der Waals surface area contributed by atoms with E-state index >= 15 is 0 Å². The van der Waals surface area contributed by atoms with Crippen LogP contribution in [-0.2, 0) is 10.0 Å². The van der Waals surface area contributed by atoms with Crippen molar-refractivity contribution in [2.75, 3.05) is 11.9 Å². The Morgan fingerprint density at radius 3 is 2.78 bits per heavy atom. The molecule has 1 fully saturated rings. The SMILES string of the molecule is CC(C)(C)NS(=O)(=O)c1ccc(-c2ncc(C#CCO)c(Nc3cc(C4CC4)[nH]n3)n2)s1. The molecular weight excluding hydrogens is 448 g/mol. The van der Waals surface area contributed by atoms with E-state index in [2.05, 4.69) is 42.0 Å². The van der Waals surface area contributed by atoms with Crippen LogP contribution in [0.1, 0.15) is 50.8 Å². The second-order valence-corrected chi connectivity index (χ2v) is 11.5. The molecule has 168 valence electrons. The number of H-pyrrole nitrogens is 1. The molecule has 3 aromatic rings. The third-order valence-electron chi connectivity index (χ3n) is 4.46. The molecule has 11 heteroatoms. The summed E-state index contributed by atoms with van der Waals surface area (Å²) in [6.45, 7) is 5.07. The topological polar surface area (TPSA) is 133 Å². The number of nitrogens with one attached hydrogen (secondary N) is 3. The number of hydrogen-bond donors (Lipinski definition) is 4. The molecule has 0 radical (unpaired) electrons. The zero-order valence-corrected chi connectivity index (χ0v) is 19.6. The van der Waals surface area contributed by atoms with Gasteiger partial charge in [-0.1, -0.05) is 11.8 Å². The molecule has 1 saturated carbocycles. The number of aromatic nitrogens is 4. The highest BCUT2D eigenvalue weighted by Gasteiger charge is 2.26. The Morgan fingerprint density at radius 2 is 2.09 bits per heavy atom. The quantitative estimate of drug-likeness (QED) is 0.405. The predicted octanol–water partition coefficient (Wildman–Crippen LogP) is 2.97. The minimum absolute atomic E-state index is 0.186. The number of aliphatic hydroxyl groups is 1. The van der Waals surface area contributed by atoms with Crippen LogP contribution in [-0.4, -0.2) is 45.8 Å². The zero-order valence-electron chi connectivity index (χ0n) is 17.9. The molecule has 1 aliphatic carbocycles. The first-order valence-corrected chi connectivity index (χ1v) is 12.4. The van der Waals surface area contributed by atoms with E-state index in [1.54, 1.807) is 39.1 Å². The minimum Gasteiger partial charge on any atom is -0.384 e. The molecule has 0 aromatic carbocycles. The average molecular weight is 473 g/mol. The zero-order chi connectivity index (χ0) is 22.9. The van der Waals surface area contributed by atoms with Crippen LogP contribution in [0.4, 0.5) is 11.6 Å². The van der Waals surface area contributed by atoms with Crippen LogP contribution in [0.2, 0.25) is 0 Å². The maximum atomic E-state index is 12.6. The van der Waals surface area contributed by atoms with Crippen molar-refractivity contribution in [3.05, 3.63) is 35.7 Å². The summed E-state index contributed by atoms with van der Waals surface area (Å²) < 4.78 is 28.1. The van der Waals surface area contributed by atoms with Crippen molar-refractivity contribution in [3.8, 4) is 22.5 Å². The third kappa shape index (κ3) is 5.34. The molecule has 0 saturated heterocycles. The van der Waals surface area contributed by atoms with Crippen LogP contribution in [0.3, 0.4) is 0 Å². The van der Waals surface area contributed by atoms with Crippen LogP contribution < -0.4 is 10.0 Å². The number of aromatic amines is 1. The van der Waals surface area contributed by atoms with Gasteiger partial charge in [0, 0.05) is 29.4 Å². The van der Waals surface area contributed by atoms with Gasteiger partial charge in [-0.3, -0.25) is 5.10 Å². The molecule has 32 heavy (non-hydrogen) atoms. The predicted molar refractivity (Wildman–Crippen MR) is 123 cm³/mol. The second-order valence-electron chi connectivity index (χ2n) is 8.50. The van der Waals surface area contributed by atoms with Crippen molar-refractivity contribution in [1.29, 1.82) is 0 Å². The van der Waals surface area contributed by atoms with Crippen molar-refractivity contribution in [2.24, 2.45) is 0 Å². The fourth-order valence-corrected chi connectivity index (χ4v) is 5.65. The van der Waals surface area contributed by atoms with E-state index in [1.165, 1.54) is 0 Å². The minimum atomic E-state index is -3.65. The number of anilines is 2. The van der Waals surface area contributed by atoms with Crippen molar-refractivity contribution in [3.63, 3.8) is 0 Å². The summed E-state index contributed by atoms with van der Waals surface area (Å²) in [5.74, 6) is 7.35. The van der Waals surface area contributed by atoms with E-state index < -0.39 is 15.6 Å². The molecule has 0 aliphatic heterocycles. The number of nitrogens with zero attached hydrogens (tertiary/aromatic N) is 3. The highest BCUT2D eigenvalue weighted by molar-refractivity contribution is 7.91. The highest BCUT2D eigenvalue weighted by Crippen LogP contribution is 2.39. The Kier molecular flexibility index (Phi) is 6.05. The van der Waals surface area contributed by atoms with Crippen LogP contribution >= 0.6 is 11.3 Å². The van der Waals surface area contributed by atoms with Gasteiger partial charge in [0.25, 0.3) is 10.0 Å². The van der Waals surface area contributed by atoms with Crippen LogP contribution in [0.5, 0.6) is 0 Å². The Morgan fingerprint density at radius 1 is 1.31 bits per heavy atom. The summed E-state index contributed by atoms with van der Waals surface area (Å²) in [4.78, 5) is 9.52. The Balaban J connectivity index is 1.65. The summed E-state index contributed by atoms with van der Waals surface area (Å²) in [5.41, 5.74) is 0.980. The van der Waals surface area contributed by atoms with E-state index in [4.69, 9.17) is 5.11 Å². The van der Waals surface area contributed by atoms with Gasteiger partial charge in [0.1, 0.15) is 10.8 Å². The largest absolute Gasteiger partial charge is 0.384 e. The van der Waals surface area contributed by atoms with E-state index in [0.717, 1.165) is 29.9 Å². The molecule has 9 nitrogen and oxygen atoms in total. The van der Waals surface area contributed by atoms with E-state index in [-0.39, 0.29) is 10.8 Å². The molecule has 0 amide bonds. The lowest BCUT2D eigenvalue weighted by Gasteiger charge is -2.19. The molecule has 0 bridgehead atoms. The monoisotopic (exact) mass is 472 g/mol. The highest BCUT2D eigenvalue weighted by atomic mass is 32.2. The molecule has 4 rings (SSSR count). The lowest BCUT2D eigenvalue weighted by molar-refractivity contribution is 0.350. The summed E-state index contributed by atoms with van der Waals surface area (Å²) in [5, 5.41) is 19.5. The van der Waals surface area contributed by atoms with E-state index in [1.807, 2.05) is 6.07 Å². The number of sulfonamides is 1. The van der Waals surface area contributed by atoms with Gasteiger partial charge in [-0.25, -0.2) is 23.1 Å². The molecule has 3 aromatic heterocycles. The van der Waals surface area contributed by atoms with Crippen LogP contribution in [0, 0.1) is 11.8 Å². The standard InChI is InChI=1S/C21H24N6O3S2/c1-21(2,3)27-32(29,30)18-9-8-16(31-18)20-22-12-14(5-4-10-28)19(24-20)23-17-11-15(25-26-17)13-6-7-13/h8-9,11-13,27-28H,6-7,10H2,1-3H3,(H2,22,23,24,25,26). The van der Waals surface area contributed by atoms with Crippen molar-refractivity contribution in [1.82, 2.24) is 24.9 Å². The first-order valence-electron chi connectivity index (χ1n) is 10.1. The van der Waals surface area contributed by atoms with Gasteiger partial charge in [-0.2, -0.15) is 5.10 Å². The maximum Gasteiger partial charge on any atom is 0.250 e. The van der Waals surface area contributed by atoms with Crippen LogP contribution in [0.15, 0.2) is 28.6 Å². The smallest absolute Gasteiger partial charge is 0.250 e. The first-order chi connectivity index (χ1) is 15.1. The van der Waals surface area contributed by atoms with Crippen molar-refractivity contribution >= 4 is 33.0 Å². The Hall–Kier alpha value is -2.78. The van der Waals surface area contributed by atoms with Crippen molar-refractivity contribution < 1.29 is 13.5 Å². The first kappa shape index (κ1) is 22.4. The third-order valence-corrected chi connectivity index (χ3v) is 7.79. The summed E-state index contributed by atoms with van der Waals surface area (Å²) in [6, 6.07) is 5.16. The van der Waals surface area contributed by atoms with Crippen LogP contribution in [0.25, 0.3) is 10.7 Å². The summed E-state index contributed by atoms with van der Waals surface area (Å²) in [6.07, 6.45) is 3.85. The Labute approximate surface area is 190 Å². The van der Waals surface area contributed by atoms with Gasteiger partial charge >= 0.3 is 0 Å². The second kappa shape index (κ2) is 8.63. The number of thiophene rings is 1. The van der Waals surface area contributed by atoms with Gasteiger partial charge in [0.15, 0.2) is 17.5 Å². The maximum absolute atomic E-state index is 12.6. The molecule has 4 N–H and O–H groups in total. The summed E-state index contributed by atoms with van der Waals surface area (Å²) >= 11 is 1.09. The molecule has 3 heterocycles. The van der Waals surface area contributed by atoms with Gasteiger partial charge in [-0.05, 0) is 45.7 Å². The average Bonchev–Trinajstić information content (AvgIpc) is 3.23. The molecule has 0 spiro atoms. The fourth-order valence-electron chi connectivity index (χ4n) is 2.99. The van der Waals surface area contributed by atoms with Gasteiger partial charge < -0.3 is 10.4 Å². The fraction of sp³-hybridized carbons (Fsp3) is 0.381. The number of rotatable bonds is 6. The van der Waals surface area contributed by atoms with E-state index in [0.29, 0.717) is 33.8 Å². The lowest BCUT2D eigenvalue weighted by atomic mass is 10.1. The summed E-state index contributed by atoms with van der Waals surface area (Å²) in [7, 11) is -3.65. The van der Waals surface area contributed by atoms with E-state index in [9.17, 15) is 8.42 Å². The molecule has 0 atom stereocenters.